The van der Waals surface area contributed by atoms with E-state index in [-0.39, 0.29) is 16.8 Å². The van der Waals surface area contributed by atoms with Gasteiger partial charge in [-0.1, -0.05) is 0 Å². The number of esters is 2. The average Bonchev–Trinajstić information content (AvgIpc) is 3.11. The Morgan fingerprint density at radius 1 is 1.04 bits per heavy atom. The van der Waals surface area contributed by atoms with Gasteiger partial charge in [-0.25, -0.2) is 9.59 Å². The van der Waals surface area contributed by atoms with E-state index in [1.807, 2.05) is 0 Å². The van der Waals surface area contributed by atoms with Gasteiger partial charge in [0.1, 0.15) is 5.76 Å². The molecule has 2 aromatic rings. The molecule has 0 aliphatic carbocycles. The Labute approximate surface area is 137 Å². The van der Waals surface area contributed by atoms with Crippen molar-refractivity contribution in [3.05, 3.63) is 59.6 Å². The summed E-state index contributed by atoms with van der Waals surface area (Å²) in [5.41, 5.74) is 0.490. The summed E-state index contributed by atoms with van der Waals surface area (Å²) < 4.78 is 14.3. The maximum atomic E-state index is 11.9. The fourth-order valence-corrected chi connectivity index (χ4v) is 1.90. The topological polar surface area (TPSA) is 94.8 Å². The first kappa shape index (κ1) is 17.0. The molecule has 2 rings (SSSR count). The molecule has 124 valence electrons. The van der Waals surface area contributed by atoms with Gasteiger partial charge >= 0.3 is 11.9 Å². The molecule has 0 saturated heterocycles. The third kappa shape index (κ3) is 4.33. The monoisotopic (exact) mass is 329 g/mol. The molecular weight excluding hydrogens is 314 g/mol. The fourth-order valence-electron chi connectivity index (χ4n) is 1.90. The predicted octanol–water partition coefficient (Wildman–Crippen LogP) is 2.50. The fraction of sp³-hybridized carbons (Fsp3) is 0.118. The summed E-state index contributed by atoms with van der Waals surface area (Å²) in [6.45, 7) is 0. The first-order valence-corrected chi connectivity index (χ1v) is 6.88. The number of methoxy groups -OCH3 is 2. The maximum absolute atomic E-state index is 11.9. The van der Waals surface area contributed by atoms with Gasteiger partial charge in [-0.05, 0) is 36.4 Å². The van der Waals surface area contributed by atoms with E-state index >= 15 is 0 Å². The second kappa shape index (κ2) is 7.77. The number of anilines is 1. The van der Waals surface area contributed by atoms with Crippen LogP contribution in [0, 0.1) is 0 Å². The van der Waals surface area contributed by atoms with Crippen LogP contribution in [0.5, 0.6) is 0 Å². The Morgan fingerprint density at radius 2 is 1.67 bits per heavy atom. The Morgan fingerprint density at radius 3 is 2.17 bits per heavy atom. The second-order valence-corrected chi connectivity index (χ2v) is 4.62. The van der Waals surface area contributed by atoms with Gasteiger partial charge in [-0.2, -0.15) is 0 Å². The quantitative estimate of drug-likeness (QED) is 0.669. The summed E-state index contributed by atoms with van der Waals surface area (Å²) in [5.74, 6) is -1.21. The van der Waals surface area contributed by atoms with Gasteiger partial charge in [-0.3, -0.25) is 4.79 Å². The minimum Gasteiger partial charge on any atom is -0.465 e. The van der Waals surface area contributed by atoms with Crippen LogP contribution in [0.25, 0.3) is 6.08 Å². The molecular formula is C17H15NO6. The molecule has 0 unspecified atom stereocenters. The zero-order valence-electron chi connectivity index (χ0n) is 13.1. The van der Waals surface area contributed by atoms with Crippen molar-refractivity contribution in [2.24, 2.45) is 0 Å². The van der Waals surface area contributed by atoms with E-state index < -0.39 is 17.8 Å². The van der Waals surface area contributed by atoms with Crippen molar-refractivity contribution < 1.29 is 28.3 Å². The highest BCUT2D eigenvalue weighted by Crippen LogP contribution is 2.17. The molecule has 0 bridgehead atoms. The van der Waals surface area contributed by atoms with Gasteiger partial charge < -0.3 is 19.2 Å². The Kier molecular flexibility index (Phi) is 5.51. The SMILES string of the molecule is COC(=O)c1cc(NC(=O)/C=C/c2ccco2)cc(C(=O)OC)c1. The normalized spacial score (nSPS) is 10.4. The third-order valence-electron chi connectivity index (χ3n) is 2.98. The van der Waals surface area contributed by atoms with Gasteiger partial charge in [-0.15, -0.1) is 0 Å². The molecule has 1 heterocycles. The number of carbonyl (C=O) groups is 3. The van der Waals surface area contributed by atoms with Crippen LogP contribution in [0.15, 0.2) is 47.1 Å². The van der Waals surface area contributed by atoms with Gasteiger partial charge in [0.25, 0.3) is 0 Å². The van der Waals surface area contributed by atoms with Crippen LogP contribution in [0.4, 0.5) is 5.69 Å². The summed E-state index contributed by atoms with van der Waals surface area (Å²) in [7, 11) is 2.44. The molecule has 0 atom stereocenters. The molecule has 0 spiro atoms. The highest BCUT2D eigenvalue weighted by Gasteiger charge is 2.14. The number of amides is 1. The molecule has 0 fully saturated rings. The summed E-state index contributed by atoms with van der Waals surface area (Å²) in [4.78, 5) is 35.3. The molecule has 7 nitrogen and oxygen atoms in total. The van der Waals surface area contributed by atoms with Crippen LogP contribution in [-0.4, -0.2) is 32.1 Å². The van der Waals surface area contributed by atoms with Crippen LogP contribution in [0.2, 0.25) is 0 Å². The first-order chi connectivity index (χ1) is 11.5. The zero-order valence-corrected chi connectivity index (χ0v) is 13.1. The largest absolute Gasteiger partial charge is 0.465 e. The number of nitrogens with one attached hydrogen (secondary N) is 1. The minimum atomic E-state index is -0.637. The second-order valence-electron chi connectivity index (χ2n) is 4.62. The Balaban J connectivity index is 2.23. The molecule has 0 aliphatic rings. The highest BCUT2D eigenvalue weighted by molar-refractivity contribution is 6.04. The number of hydrogen-bond donors (Lipinski definition) is 1. The standard InChI is InChI=1S/C17H15NO6/c1-22-16(20)11-8-12(17(21)23-2)10-13(9-11)18-15(19)6-5-14-4-3-7-24-14/h3-10H,1-2H3,(H,18,19)/b6-5+. The van der Waals surface area contributed by atoms with E-state index in [0.29, 0.717) is 5.76 Å². The van der Waals surface area contributed by atoms with E-state index in [1.54, 1.807) is 12.1 Å². The van der Waals surface area contributed by atoms with Gasteiger partial charge in [0.2, 0.25) is 5.91 Å². The van der Waals surface area contributed by atoms with Crippen LogP contribution < -0.4 is 5.32 Å². The summed E-state index contributed by atoms with van der Waals surface area (Å²) in [6, 6.07) is 7.51. The summed E-state index contributed by atoms with van der Waals surface area (Å²) in [6.07, 6.45) is 4.24. The first-order valence-electron chi connectivity index (χ1n) is 6.88. The van der Waals surface area contributed by atoms with Crippen LogP contribution >= 0.6 is 0 Å². The van der Waals surface area contributed by atoms with Gasteiger partial charge in [0.15, 0.2) is 0 Å². The molecule has 1 N–H and O–H groups in total. The lowest BCUT2D eigenvalue weighted by Gasteiger charge is -2.08. The smallest absolute Gasteiger partial charge is 0.337 e. The number of benzene rings is 1. The van der Waals surface area contributed by atoms with E-state index in [9.17, 15) is 14.4 Å². The molecule has 0 aliphatic heterocycles. The lowest BCUT2D eigenvalue weighted by atomic mass is 10.1. The molecule has 24 heavy (non-hydrogen) atoms. The lowest BCUT2D eigenvalue weighted by Crippen LogP contribution is -2.12. The highest BCUT2D eigenvalue weighted by atomic mass is 16.5. The number of carbonyl (C=O) groups excluding carboxylic acids is 3. The van der Waals surface area contributed by atoms with Gasteiger partial charge in [0, 0.05) is 11.8 Å². The van der Waals surface area contributed by atoms with Crippen LogP contribution in [-0.2, 0) is 14.3 Å². The number of hydrogen-bond acceptors (Lipinski definition) is 6. The van der Waals surface area contributed by atoms with E-state index in [2.05, 4.69) is 14.8 Å². The summed E-state index contributed by atoms with van der Waals surface area (Å²) in [5, 5.41) is 2.56. The van der Waals surface area contributed by atoms with Crippen molar-refractivity contribution in [2.45, 2.75) is 0 Å². The number of ether oxygens (including phenoxy) is 2. The van der Waals surface area contributed by atoms with Crippen molar-refractivity contribution in [3.63, 3.8) is 0 Å². The predicted molar refractivity (Wildman–Crippen MR) is 85.5 cm³/mol. The molecule has 1 aromatic carbocycles. The van der Waals surface area contributed by atoms with E-state index in [1.165, 1.54) is 50.8 Å². The zero-order chi connectivity index (χ0) is 17.5. The Hall–Kier alpha value is -3.35. The number of furan rings is 1. The lowest BCUT2D eigenvalue weighted by molar-refractivity contribution is -0.111. The van der Waals surface area contributed by atoms with Crippen molar-refractivity contribution in [3.8, 4) is 0 Å². The van der Waals surface area contributed by atoms with Crippen molar-refractivity contribution in [1.29, 1.82) is 0 Å². The molecule has 0 radical (unpaired) electrons. The van der Waals surface area contributed by atoms with E-state index in [4.69, 9.17) is 4.42 Å². The van der Waals surface area contributed by atoms with Gasteiger partial charge in [0.05, 0.1) is 31.6 Å². The molecule has 7 heteroatoms. The number of rotatable bonds is 5. The van der Waals surface area contributed by atoms with Crippen molar-refractivity contribution in [2.75, 3.05) is 19.5 Å². The average molecular weight is 329 g/mol. The minimum absolute atomic E-state index is 0.116. The summed E-state index contributed by atoms with van der Waals surface area (Å²) >= 11 is 0. The molecule has 1 aromatic heterocycles. The Bertz CT molecular complexity index is 742. The maximum Gasteiger partial charge on any atom is 0.337 e. The van der Waals surface area contributed by atoms with Crippen LogP contribution in [0.1, 0.15) is 26.5 Å². The van der Waals surface area contributed by atoms with Crippen molar-refractivity contribution in [1.82, 2.24) is 0 Å². The third-order valence-corrected chi connectivity index (χ3v) is 2.98. The van der Waals surface area contributed by atoms with E-state index in [0.717, 1.165) is 0 Å². The van der Waals surface area contributed by atoms with Crippen LogP contribution in [0.3, 0.4) is 0 Å². The molecule has 1 amide bonds. The van der Waals surface area contributed by atoms with Crippen molar-refractivity contribution >= 4 is 29.6 Å². The molecule has 0 saturated carbocycles.